The fourth-order valence-electron chi connectivity index (χ4n) is 2.47. The first kappa shape index (κ1) is 15.3. The lowest BCUT2D eigenvalue weighted by Crippen LogP contribution is -2.23. The van der Waals surface area contributed by atoms with Gasteiger partial charge in [0.05, 0.1) is 0 Å². The molecule has 1 N–H and O–H groups in total. The molecular formula is C20H16ClNO. The van der Waals surface area contributed by atoms with Gasteiger partial charge < -0.3 is 5.32 Å². The van der Waals surface area contributed by atoms with Crippen LogP contribution in [0, 0.1) is 0 Å². The summed E-state index contributed by atoms with van der Waals surface area (Å²) in [5.74, 6) is -0.107. The lowest BCUT2D eigenvalue weighted by Gasteiger charge is -2.11. The molecule has 0 bridgehead atoms. The van der Waals surface area contributed by atoms with Gasteiger partial charge in [-0.05, 0) is 23.3 Å². The van der Waals surface area contributed by atoms with Crippen LogP contribution in [0.3, 0.4) is 0 Å². The van der Waals surface area contributed by atoms with Gasteiger partial charge in [-0.2, -0.15) is 0 Å². The van der Waals surface area contributed by atoms with Crippen LogP contribution in [0.2, 0.25) is 5.02 Å². The van der Waals surface area contributed by atoms with E-state index in [9.17, 15) is 4.79 Å². The number of amides is 1. The number of nitrogens with one attached hydrogen (secondary N) is 1. The molecule has 114 valence electrons. The van der Waals surface area contributed by atoms with Gasteiger partial charge in [-0.3, -0.25) is 4.79 Å². The van der Waals surface area contributed by atoms with E-state index in [-0.39, 0.29) is 5.91 Å². The van der Waals surface area contributed by atoms with Gasteiger partial charge >= 0.3 is 0 Å². The third-order valence-electron chi connectivity index (χ3n) is 3.63. The van der Waals surface area contributed by atoms with E-state index in [1.165, 1.54) is 0 Å². The molecule has 0 spiro atoms. The molecule has 0 aliphatic carbocycles. The fraction of sp³-hybridized carbons (Fsp3) is 0.0500. The minimum atomic E-state index is -0.107. The number of halogens is 1. The van der Waals surface area contributed by atoms with E-state index in [4.69, 9.17) is 11.6 Å². The largest absolute Gasteiger partial charge is 0.348 e. The molecule has 0 saturated carbocycles. The first-order valence-electron chi connectivity index (χ1n) is 7.42. The number of hydrogen-bond donors (Lipinski definition) is 1. The average molecular weight is 322 g/mol. The first-order chi connectivity index (χ1) is 11.3. The average Bonchev–Trinajstić information content (AvgIpc) is 2.61. The summed E-state index contributed by atoms with van der Waals surface area (Å²) >= 11 is 6.28. The molecule has 3 aromatic carbocycles. The van der Waals surface area contributed by atoms with Gasteiger partial charge in [0.25, 0.3) is 5.91 Å². The summed E-state index contributed by atoms with van der Waals surface area (Å²) in [6.45, 7) is 0.497. The van der Waals surface area contributed by atoms with Crippen LogP contribution < -0.4 is 5.32 Å². The van der Waals surface area contributed by atoms with Crippen LogP contribution >= 0.6 is 11.6 Å². The van der Waals surface area contributed by atoms with Crippen LogP contribution in [-0.4, -0.2) is 5.91 Å². The zero-order valence-corrected chi connectivity index (χ0v) is 13.3. The molecule has 3 rings (SSSR count). The van der Waals surface area contributed by atoms with E-state index in [2.05, 4.69) is 5.32 Å². The maximum atomic E-state index is 12.6. The fourth-order valence-corrected chi connectivity index (χ4v) is 2.71. The van der Waals surface area contributed by atoms with Crippen molar-refractivity contribution >= 4 is 17.5 Å². The summed E-state index contributed by atoms with van der Waals surface area (Å²) in [5, 5.41) is 3.60. The van der Waals surface area contributed by atoms with Gasteiger partial charge in [-0.1, -0.05) is 78.3 Å². The zero-order valence-electron chi connectivity index (χ0n) is 12.5. The molecule has 0 saturated heterocycles. The summed E-state index contributed by atoms with van der Waals surface area (Å²) in [4.78, 5) is 12.6. The minimum absolute atomic E-state index is 0.107. The smallest absolute Gasteiger partial charge is 0.252 e. The number of carbonyl (C=O) groups excluding carboxylic acids is 1. The number of benzene rings is 3. The molecule has 23 heavy (non-hydrogen) atoms. The van der Waals surface area contributed by atoms with Gasteiger partial charge in [0.15, 0.2) is 0 Å². The standard InChI is InChI=1S/C20H16ClNO/c21-19-13-7-6-11-17(19)16-10-4-5-12-18(16)20(23)22-14-15-8-2-1-3-9-15/h1-13H,14H2,(H,22,23). The molecule has 0 unspecified atom stereocenters. The Bertz CT molecular complexity index is 815. The normalized spacial score (nSPS) is 10.3. The third kappa shape index (κ3) is 3.61. The molecule has 0 aliphatic heterocycles. The highest BCUT2D eigenvalue weighted by Crippen LogP contribution is 2.30. The maximum absolute atomic E-state index is 12.6. The van der Waals surface area contributed by atoms with Crippen molar-refractivity contribution in [1.29, 1.82) is 0 Å². The molecule has 0 aromatic heterocycles. The van der Waals surface area contributed by atoms with Crippen LogP contribution in [-0.2, 0) is 6.54 Å². The molecule has 0 fully saturated rings. The summed E-state index contributed by atoms with van der Waals surface area (Å²) < 4.78 is 0. The topological polar surface area (TPSA) is 29.1 Å². The zero-order chi connectivity index (χ0) is 16.1. The Balaban J connectivity index is 1.86. The summed E-state index contributed by atoms with van der Waals surface area (Å²) in [7, 11) is 0. The molecular weight excluding hydrogens is 306 g/mol. The predicted octanol–water partition coefficient (Wildman–Crippen LogP) is 4.94. The van der Waals surface area contributed by atoms with E-state index >= 15 is 0 Å². The van der Waals surface area contributed by atoms with Crippen LogP contribution in [0.25, 0.3) is 11.1 Å². The lowest BCUT2D eigenvalue weighted by molar-refractivity contribution is 0.0951. The van der Waals surface area contributed by atoms with E-state index in [1.54, 1.807) is 0 Å². The quantitative estimate of drug-likeness (QED) is 0.724. The highest BCUT2D eigenvalue weighted by Gasteiger charge is 2.13. The van der Waals surface area contributed by atoms with Crippen molar-refractivity contribution in [1.82, 2.24) is 5.32 Å². The Labute approximate surface area is 140 Å². The maximum Gasteiger partial charge on any atom is 0.252 e. The summed E-state index contributed by atoms with van der Waals surface area (Å²) in [6.07, 6.45) is 0. The molecule has 0 atom stereocenters. The van der Waals surface area contributed by atoms with Gasteiger partial charge in [-0.15, -0.1) is 0 Å². The van der Waals surface area contributed by atoms with Crippen molar-refractivity contribution < 1.29 is 4.79 Å². The molecule has 1 amide bonds. The van der Waals surface area contributed by atoms with Crippen LogP contribution in [0.1, 0.15) is 15.9 Å². The minimum Gasteiger partial charge on any atom is -0.348 e. The number of rotatable bonds is 4. The monoisotopic (exact) mass is 321 g/mol. The van der Waals surface area contributed by atoms with Crippen LogP contribution in [0.15, 0.2) is 78.9 Å². The van der Waals surface area contributed by atoms with Crippen molar-refractivity contribution in [3.63, 3.8) is 0 Å². The van der Waals surface area contributed by atoms with Crippen LogP contribution in [0.5, 0.6) is 0 Å². The summed E-state index contributed by atoms with van der Waals surface area (Å²) in [6, 6.07) is 24.9. The molecule has 0 heterocycles. The van der Waals surface area contributed by atoms with Crippen LogP contribution in [0.4, 0.5) is 0 Å². The highest BCUT2D eigenvalue weighted by atomic mass is 35.5. The second-order valence-corrected chi connectivity index (χ2v) is 5.60. The van der Waals surface area contributed by atoms with Gasteiger partial charge in [0.2, 0.25) is 0 Å². The summed E-state index contributed by atoms with van der Waals surface area (Å²) in [5.41, 5.74) is 3.39. The molecule has 3 aromatic rings. The van der Waals surface area contributed by atoms with Crippen molar-refractivity contribution in [3.8, 4) is 11.1 Å². The lowest BCUT2D eigenvalue weighted by atomic mass is 9.99. The molecule has 0 aliphatic rings. The predicted molar refractivity (Wildman–Crippen MR) is 94.5 cm³/mol. The van der Waals surface area contributed by atoms with Crippen molar-refractivity contribution in [2.75, 3.05) is 0 Å². The van der Waals surface area contributed by atoms with E-state index in [1.807, 2.05) is 78.9 Å². The number of carbonyl (C=O) groups is 1. The van der Waals surface area contributed by atoms with Gasteiger partial charge in [0, 0.05) is 22.7 Å². The molecule has 0 radical (unpaired) electrons. The van der Waals surface area contributed by atoms with Crippen molar-refractivity contribution in [3.05, 3.63) is 95.0 Å². The second kappa shape index (κ2) is 7.12. The Morgan fingerprint density at radius 1 is 0.783 bits per heavy atom. The highest BCUT2D eigenvalue weighted by molar-refractivity contribution is 6.33. The van der Waals surface area contributed by atoms with Crippen molar-refractivity contribution in [2.45, 2.75) is 6.54 Å². The SMILES string of the molecule is O=C(NCc1ccccc1)c1ccccc1-c1ccccc1Cl. The first-order valence-corrected chi connectivity index (χ1v) is 7.79. The van der Waals surface area contributed by atoms with Crippen molar-refractivity contribution in [2.24, 2.45) is 0 Å². The van der Waals surface area contributed by atoms with Gasteiger partial charge in [-0.25, -0.2) is 0 Å². The third-order valence-corrected chi connectivity index (χ3v) is 3.96. The Kier molecular flexibility index (Phi) is 4.74. The van der Waals surface area contributed by atoms with Gasteiger partial charge in [0.1, 0.15) is 0 Å². The Hall–Kier alpha value is -2.58. The number of hydrogen-bond acceptors (Lipinski definition) is 1. The molecule has 2 nitrogen and oxygen atoms in total. The molecule has 3 heteroatoms. The Morgan fingerprint density at radius 3 is 2.13 bits per heavy atom. The van der Waals surface area contributed by atoms with E-state index in [0.29, 0.717) is 17.1 Å². The van der Waals surface area contributed by atoms with E-state index < -0.39 is 0 Å². The Morgan fingerprint density at radius 2 is 1.39 bits per heavy atom. The second-order valence-electron chi connectivity index (χ2n) is 5.19. The van der Waals surface area contributed by atoms with E-state index in [0.717, 1.165) is 16.7 Å².